The Bertz CT molecular complexity index is 476. The van der Waals surface area contributed by atoms with E-state index in [1.165, 1.54) is 25.3 Å². The first-order chi connectivity index (χ1) is 9.25. The number of methoxy groups -OCH3 is 1. The molecule has 0 bridgehead atoms. The molecular formula is C12H14F3NO4. The van der Waals surface area contributed by atoms with Crippen LogP contribution in [0.4, 0.5) is 13.2 Å². The molecule has 0 aromatic heterocycles. The van der Waals surface area contributed by atoms with Gasteiger partial charge in [0.15, 0.2) is 0 Å². The van der Waals surface area contributed by atoms with Gasteiger partial charge in [0, 0.05) is 12.1 Å². The highest BCUT2D eigenvalue weighted by atomic mass is 19.4. The Morgan fingerprint density at radius 2 is 2.10 bits per heavy atom. The molecule has 112 valence electrons. The number of phenolic OH excluding ortho intramolecular Hbond substituents is 1. The summed E-state index contributed by atoms with van der Waals surface area (Å²) in [6.07, 6.45) is -6.36. The van der Waals surface area contributed by atoms with Gasteiger partial charge in [-0.05, 0) is 24.6 Å². The lowest BCUT2D eigenvalue weighted by molar-refractivity contribution is -0.173. The van der Waals surface area contributed by atoms with Crippen LogP contribution in [0.5, 0.6) is 11.5 Å². The second-order valence-electron chi connectivity index (χ2n) is 3.98. The van der Waals surface area contributed by atoms with Crippen molar-refractivity contribution < 1.29 is 32.9 Å². The van der Waals surface area contributed by atoms with E-state index in [2.05, 4.69) is 0 Å². The average Bonchev–Trinajstić information content (AvgIpc) is 2.37. The SMILES string of the molecule is COc1ccc(O)c(C(O)CCNC(=O)C(F)(F)F)c1. The van der Waals surface area contributed by atoms with E-state index in [9.17, 15) is 28.2 Å². The summed E-state index contributed by atoms with van der Waals surface area (Å²) in [5.74, 6) is -1.89. The Kier molecular flexibility index (Phi) is 5.20. The van der Waals surface area contributed by atoms with E-state index >= 15 is 0 Å². The summed E-state index contributed by atoms with van der Waals surface area (Å²) in [6.45, 7) is -0.379. The maximum atomic E-state index is 11.9. The number of benzene rings is 1. The largest absolute Gasteiger partial charge is 0.508 e. The van der Waals surface area contributed by atoms with Gasteiger partial charge in [-0.1, -0.05) is 0 Å². The number of ether oxygens (including phenoxy) is 1. The highest BCUT2D eigenvalue weighted by Gasteiger charge is 2.38. The minimum atomic E-state index is -4.96. The minimum absolute atomic E-state index is 0.116. The third-order valence-corrected chi connectivity index (χ3v) is 2.55. The maximum absolute atomic E-state index is 11.9. The molecule has 5 nitrogen and oxygen atoms in total. The van der Waals surface area contributed by atoms with Crippen LogP contribution in [-0.4, -0.2) is 36.0 Å². The van der Waals surface area contributed by atoms with Gasteiger partial charge in [0.25, 0.3) is 0 Å². The van der Waals surface area contributed by atoms with Crippen molar-refractivity contribution in [2.75, 3.05) is 13.7 Å². The Morgan fingerprint density at radius 1 is 1.45 bits per heavy atom. The molecule has 1 aromatic rings. The normalized spacial score (nSPS) is 12.8. The van der Waals surface area contributed by atoms with Gasteiger partial charge in [-0.25, -0.2) is 0 Å². The number of nitrogens with one attached hydrogen (secondary N) is 1. The molecule has 0 radical (unpaired) electrons. The van der Waals surface area contributed by atoms with E-state index in [0.717, 1.165) is 0 Å². The third-order valence-electron chi connectivity index (χ3n) is 2.55. The summed E-state index contributed by atoms with van der Waals surface area (Å²) in [5, 5.41) is 21.0. The predicted molar refractivity (Wildman–Crippen MR) is 63.3 cm³/mol. The van der Waals surface area contributed by atoms with Crippen molar-refractivity contribution in [3.63, 3.8) is 0 Å². The molecule has 0 aliphatic carbocycles. The number of aliphatic hydroxyl groups is 1. The van der Waals surface area contributed by atoms with Crippen LogP contribution in [0, 0.1) is 0 Å². The van der Waals surface area contributed by atoms with Crippen LogP contribution in [0.2, 0.25) is 0 Å². The zero-order valence-electron chi connectivity index (χ0n) is 10.6. The van der Waals surface area contributed by atoms with Crippen molar-refractivity contribution >= 4 is 5.91 Å². The van der Waals surface area contributed by atoms with Gasteiger partial charge < -0.3 is 20.3 Å². The molecule has 0 saturated heterocycles. The fourth-order valence-corrected chi connectivity index (χ4v) is 1.50. The summed E-state index contributed by atoms with van der Waals surface area (Å²) in [4.78, 5) is 10.6. The number of alkyl halides is 3. The van der Waals surface area contributed by atoms with Crippen molar-refractivity contribution in [1.29, 1.82) is 0 Å². The van der Waals surface area contributed by atoms with Crippen LogP contribution < -0.4 is 10.1 Å². The Morgan fingerprint density at radius 3 is 2.65 bits per heavy atom. The molecule has 1 atom stereocenters. The molecular weight excluding hydrogens is 279 g/mol. The maximum Gasteiger partial charge on any atom is 0.471 e. The summed E-state index contributed by atoms with van der Waals surface area (Å²) >= 11 is 0. The van der Waals surface area contributed by atoms with Gasteiger partial charge in [-0.15, -0.1) is 0 Å². The second-order valence-corrected chi connectivity index (χ2v) is 3.98. The molecule has 8 heteroatoms. The number of amides is 1. The van der Waals surface area contributed by atoms with Crippen molar-refractivity contribution in [3.05, 3.63) is 23.8 Å². The highest BCUT2D eigenvalue weighted by Crippen LogP contribution is 2.29. The first kappa shape index (κ1) is 16.1. The number of halogens is 3. The first-order valence-corrected chi connectivity index (χ1v) is 5.65. The molecule has 20 heavy (non-hydrogen) atoms. The van der Waals surface area contributed by atoms with Gasteiger partial charge in [-0.3, -0.25) is 4.79 Å². The lowest BCUT2D eigenvalue weighted by Crippen LogP contribution is -2.37. The van der Waals surface area contributed by atoms with Crippen LogP contribution in [0.3, 0.4) is 0 Å². The van der Waals surface area contributed by atoms with Gasteiger partial charge in [0.2, 0.25) is 0 Å². The van der Waals surface area contributed by atoms with Crippen molar-refractivity contribution in [3.8, 4) is 11.5 Å². The van der Waals surface area contributed by atoms with E-state index in [4.69, 9.17) is 4.74 Å². The van der Waals surface area contributed by atoms with E-state index in [1.807, 2.05) is 0 Å². The fraction of sp³-hybridized carbons (Fsp3) is 0.417. The predicted octanol–water partition coefficient (Wildman–Crippen LogP) is 1.50. The molecule has 1 unspecified atom stereocenters. The molecule has 0 aliphatic heterocycles. The number of carbonyl (C=O) groups is 1. The Balaban J connectivity index is 2.59. The van der Waals surface area contributed by atoms with E-state index in [1.54, 1.807) is 5.32 Å². The molecule has 1 aromatic carbocycles. The lowest BCUT2D eigenvalue weighted by Gasteiger charge is -2.14. The third kappa shape index (κ3) is 4.30. The van der Waals surface area contributed by atoms with Crippen LogP contribution in [-0.2, 0) is 4.79 Å². The van der Waals surface area contributed by atoms with Gasteiger partial charge in [-0.2, -0.15) is 13.2 Å². The standard InChI is InChI=1S/C12H14F3NO4/c1-20-7-2-3-9(17)8(6-7)10(18)4-5-16-11(19)12(13,14)15/h2-3,6,10,17-18H,4-5H2,1H3,(H,16,19). The number of hydrogen-bond acceptors (Lipinski definition) is 4. The topological polar surface area (TPSA) is 78.8 Å². The van der Waals surface area contributed by atoms with E-state index < -0.39 is 18.2 Å². The highest BCUT2D eigenvalue weighted by molar-refractivity contribution is 5.81. The van der Waals surface area contributed by atoms with Gasteiger partial charge >= 0.3 is 12.1 Å². The monoisotopic (exact) mass is 293 g/mol. The summed E-state index contributed by atoms with van der Waals surface area (Å²) in [7, 11) is 1.39. The minimum Gasteiger partial charge on any atom is -0.508 e. The number of carbonyl (C=O) groups excluding carboxylic acids is 1. The lowest BCUT2D eigenvalue weighted by atomic mass is 10.1. The first-order valence-electron chi connectivity index (χ1n) is 5.65. The molecule has 1 amide bonds. The number of aliphatic hydroxyl groups excluding tert-OH is 1. The summed E-state index contributed by atoms with van der Waals surface area (Å²) in [6, 6.07) is 4.13. The summed E-state index contributed by atoms with van der Waals surface area (Å²) < 4.78 is 40.7. The van der Waals surface area contributed by atoms with Crippen LogP contribution in [0.15, 0.2) is 18.2 Å². The molecule has 0 fully saturated rings. The van der Waals surface area contributed by atoms with Crippen molar-refractivity contribution in [1.82, 2.24) is 5.32 Å². The Labute approximate surface area is 113 Å². The second kappa shape index (κ2) is 6.47. The number of hydrogen-bond donors (Lipinski definition) is 3. The molecule has 0 spiro atoms. The molecule has 3 N–H and O–H groups in total. The molecule has 1 rings (SSSR count). The number of aromatic hydroxyl groups is 1. The number of rotatable bonds is 5. The fourth-order valence-electron chi connectivity index (χ4n) is 1.50. The van der Waals surface area contributed by atoms with Crippen molar-refractivity contribution in [2.24, 2.45) is 0 Å². The average molecular weight is 293 g/mol. The van der Waals surface area contributed by atoms with Gasteiger partial charge in [0.05, 0.1) is 13.2 Å². The van der Waals surface area contributed by atoms with Gasteiger partial charge in [0.1, 0.15) is 11.5 Å². The number of phenols is 1. The molecule has 0 saturated carbocycles. The summed E-state index contributed by atoms with van der Waals surface area (Å²) in [5.41, 5.74) is 0.116. The van der Waals surface area contributed by atoms with E-state index in [0.29, 0.717) is 5.75 Å². The molecule has 0 aliphatic rings. The molecule has 0 heterocycles. The van der Waals surface area contributed by atoms with Crippen LogP contribution in [0.25, 0.3) is 0 Å². The quantitative estimate of drug-likeness (QED) is 0.769. The zero-order valence-corrected chi connectivity index (χ0v) is 10.6. The van der Waals surface area contributed by atoms with Crippen LogP contribution >= 0.6 is 0 Å². The smallest absolute Gasteiger partial charge is 0.471 e. The van der Waals surface area contributed by atoms with E-state index in [-0.39, 0.29) is 24.3 Å². The van der Waals surface area contributed by atoms with Crippen LogP contribution in [0.1, 0.15) is 18.1 Å². The van der Waals surface area contributed by atoms with Crippen molar-refractivity contribution in [2.45, 2.75) is 18.7 Å². The zero-order chi connectivity index (χ0) is 15.3. The Hall–Kier alpha value is -1.96.